The molecule has 5 heteroatoms. The van der Waals surface area contributed by atoms with E-state index in [9.17, 15) is 4.79 Å². The van der Waals surface area contributed by atoms with E-state index < -0.39 is 0 Å². The average molecular weight is 242 g/mol. The third-order valence-electron chi connectivity index (χ3n) is 2.40. The normalized spacial score (nSPS) is 10.8. The highest BCUT2D eigenvalue weighted by molar-refractivity contribution is 5.84. The second kappa shape index (κ2) is 11.8. The molecule has 5 N–H and O–H groups in total. The fraction of sp³-hybridized carbons (Fsp3) is 0.750. The lowest BCUT2D eigenvalue weighted by atomic mass is 10.2. The summed E-state index contributed by atoms with van der Waals surface area (Å²) in [5.41, 5.74) is 11.0. The van der Waals surface area contributed by atoms with E-state index in [1.807, 2.05) is 0 Å². The first-order valence-electron chi connectivity index (χ1n) is 6.27. The molecule has 0 aliphatic rings. The lowest BCUT2D eigenvalue weighted by Gasteiger charge is -2.20. The van der Waals surface area contributed by atoms with Crippen molar-refractivity contribution in [3.63, 3.8) is 0 Å². The molecule has 1 amide bonds. The van der Waals surface area contributed by atoms with Crippen molar-refractivity contribution >= 4 is 5.91 Å². The van der Waals surface area contributed by atoms with Gasteiger partial charge in [0.1, 0.15) is 0 Å². The van der Waals surface area contributed by atoms with Gasteiger partial charge in [-0.1, -0.05) is 19.8 Å². The molecule has 0 heterocycles. The number of rotatable bonds is 11. The van der Waals surface area contributed by atoms with E-state index in [1.54, 1.807) is 6.42 Å². The molecule has 0 rings (SSSR count). The molecule has 0 spiro atoms. The molecule has 0 unspecified atom stereocenters. The molecule has 0 fully saturated rings. The van der Waals surface area contributed by atoms with Crippen molar-refractivity contribution in [2.75, 3.05) is 39.3 Å². The molecule has 0 aromatic carbocycles. The second-order valence-corrected chi connectivity index (χ2v) is 3.91. The lowest BCUT2D eigenvalue weighted by molar-refractivity contribution is -0.118. The van der Waals surface area contributed by atoms with Gasteiger partial charge in [-0.25, -0.2) is 0 Å². The van der Waals surface area contributed by atoms with Gasteiger partial charge in [0.15, 0.2) is 0 Å². The third kappa shape index (κ3) is 10.2. The lowest BCUT2D eigenvalue weighted by Crippen LogP contribution is -2.39. The topological polar surface area (TPSA) is 84.4 Å². The molecule has 0 bridgehead atoms. The number of hydrogen-bond donors (Lipinski definition) is 3. The number of nitrogens with one attached hydrogen (secondary N) is 1. The fourth-order valence-electron chi connectivity index (χ4n) is 1.49. The van der Waals surface area contributed by atoms with Crippen LogP contribution in [0.15, 0.2) is 0 Å². The molecule has 0 atom stereocenters. The van der Waals surface area contributed by atoms with Crippen molar-refractivity contribution in [1.82, 2.24) is 10.2 Å². The standard InChI is InChI=1S/C12H26N4O/c1-2-3-4-5-12(17)15-8-11-16(9-6-13)10-7-14/h5H,1-4,6-11,13-14H2,(H,15,17). The Morgan fingerprint density at radius 3 is 2.41 bits per heavy atom. The Bertz CT molecular complexity index is 181. The molecule has 0 aromatic heterocycles. The quantitative estimate of drug-likeness (QED) is 0.428. The summed E-state index contributed by atoms with van der Waals surface area (Å²) >= 11 is 0. The Morgan fingerprint density at radius 1 is 1.24 bits per heavy atom. The molecule has 100 valence electrons. The maximum absolute atomic E-state index is 11.4. The molecule has 2 radical (unpaired) electrons. The SMILES string of the molecule is [CH2]CCC[CH]C(=O)NCCN(CCN)CCN. The van der Waals surface area contributed by atoms with Gasteiger partial charge in [0.2, 0.25) is 5.91 Å². The van der Waals surface area contributed by atoms with E-state index in [0.29, 0.717) is 19.6 Å². The van der Waals surface area contributed by atoms with E-state index in [1.165, 1.54) is 0 Å². The number of unbranched alkanes of at least 4 members (excludes halogenated alkanes) is 2. The van der Waals surface area contributed by atoms with Gasteiger partial charge in [-0.05, 0) is 6.42 Å². The predicted molar refractivity (Wildman–Crippen MR) is 71.1 cm³/mol. The maximum atomic E-state index is 11.4. The van der Waals surface area contributed by atoms with E-state index in [2.05, 4.69) is 17.1 Å². The Kier molecular flexibility index (Phi) is 11.4. The van der Waals surface area contributed by atoms with Crippen LogP contribution in [-0.4, -0.2) is 50.1 Å². The molecular formula is C12H26N4O. The number of hydrogen-bond acceptors (Lipinski definition) is 4. The van der Waals surface area contributed by atoms with Gasteiger partial charge in [-0.2, -0.15) is 0 Å². The molecule has 0 aliphatic carbocycles. The molecule has 0 aliphatic heterocycles. The van der Waals surface area contributed by atoms with Gasteiger partial charge in [0.05, 0.1) is 0 Å². The monoisotopic (exact) mass is 242 g/mol. The van der Waals surface area contributed by atoms with E-state index in [4.69, 9.17) is 11.5 Å². The van der Waals surface area contributed by atoms with Crippen molar-refractivity contribution in [2.45, 2.75) is 19.3 Å². The van der Waals surface area contributed by atoms with Crippen LogP contribution in [0.2, 0.25) is 0 Å². The van der Waals surface area contributed by atoms with Crippen molar-refractivity contribution in [3.8, 4) is 0 Å². The highest BCUT2D eigenvalue weighted by Gasteiger charge is 2.04. The van der Waals surface area contributed by atoms with Crippen LogP contribution in [-0.2, 0) is 4.79 Å². The molecule has 0 saturated carbocycles. The Morgan fingerprint density at radius 2 is 1.88 bits per heavy atom. The largest absolute Gasteiger partial charge is 0.355 e. The zero-order valence-corrected chi connectivity index (χ0v) is 10.7. The second-order valence-electron chi connectivity index (χ2n) is 3.91. The van der Waals surface area contributed by atoms with Crippen molar-refractivity contribution in [1.29, 1.82) is 0 Å². The summed E-state index contributed by atoms with van der Waals surface area (Å²) in [4.78, 5) is 13.5. The van der Waals surface area contributed by atoms with Crippen LogP contribution in [0.5, 0.6) is 0 Å². The summed E-state index contributed by atoms with van der Waals surface area (Å²) in [5, 5.41) is 2.85. The number of carbonyl (C=O) groups is 1. The number of nitrogens with two attached hydrogens (primary N) is 2. The first-order valence-corrected chi connectivity index (χ1v) is 6.27. The van der Waals surface area contributed by atoms with Gasteiger partial charge in [-0.15, -0.1) is 0 Å². The van der Waals surface area contributed by atoms with Crippen LogP contribution >= 0.6 is 0 Å². The van der Waals surface area contributed by atoms with Crippen LogP contribution in [0, 0.1) is 13.3 Å². The van der Waals surface area contributed by atoms with Crippen LogP contribution in [0.3, 0.4) is 0 Å². The molecule has 0 saturated heterocycles. The summed E-state index contributed by atoms with van der Waals surface area (Å²) < 4.78 is 0. The number of nitrogens with zero attached hydrogens (tertiary/aromatic N) is 1. The van der Waals surface area contributed by atoms with E-state index in [-0.39, 0.29) is 5.91 Å². The average Bonchev–Trinajstić information content (AvgIpc) is 2.30. The summed E-state index contributed by atoms with van der Waals surface area (Å²) in [7, 11) is 0. The molecule has 5 nitrogen and oxygen atoms in total. The van der Waals surface area contributed by atoms with Crippen LogP contribution in [0.1, 0.15) is 19.3 Å². The summed E-state index contributed by atoms with van der Waals surface area (Å²) in [6.07, 6.45) is 4.30. The van der Waals surface area contributed by atoms with Crippen LogP contribution in [0.4, 0.5) is 0 Å². The summed E-state index contributed by atoms with van der Waals surface area (Å²) in [6, 6.07) is 0. The van der Waals surface area contributed by atoms with Gasteiger partial charge >= 0.3 is 0 Å². The minimum Gasteiger partial charge on any atom is -0.355 e. The molecule has 17 heavy (non-hydrogen) atoms. The summed E-state index contributed by atoms with van der Waals surface area (Å²) in [6.45, 7) is 8.03. The Labute approximate surface area is 105 Å². The van der Waals surface area contributed by atoms with Gasteiger partial charge < -0.3 is 16.8 Å². The van der Waals surface area contributed by atoms with Crippen LogP contribution in [0.25, 0.3) is 0 Å². The molecular weight excluding hydrogens is 216 g/mol. The van der Waals surface area contributed by atoms with Crippen molar-refractivity contribution in [3.05, 3.63) is 13.3 Å². The number of amides is 1. The first kappa shape index (κ1) is 16.4. The van der Waals surface area contributed by atoms with Gasteiger partial charge in [-0.3, -0.25) is 9.69 Å². The Balaban J connectivity index is 3.54. The zero-order chi connectivity index (χ0) is 12.9. The van der Waals surface area contributed by atoms with Crippen molar-refractivity contribution in [2.24, 2.45) is 11.5 Å². The number of carbonyl (C=O) groups excluding carboxylic acids is 1. The van der Waals surface area contributed by atoms with E-state index in [0.717, 1.165) is 38.9 Å². The molecule has 0 aromatic rings. The third-order valence-corrected chi connectivity index (χ3v) is 2.40. The minimum atomic E-state index is -0.00102. The van der Waals surface area contributed by atoms with Crippen LogP contribution < -0.4 is 16.8 Å². The van der Waals surface area contributed by atoms with Gasteiger partial charge in [0.25, 0.3) is 0 Å². The fourth-order valence-corrected chi connectivity index (χ4v) is 1.49. The minimum absolute atomic E-state index is 0.00102. The Hall–Kier alpha value is -0.650. The van der Waals surface area contributed by atoms with Gasteiger partial charge in [0, 0.05) is 45.7 Å². The predicted octanol–water partition coefficient (Wildman–Crippen LogP) is -0.469. The van der Waals surface area contributed by atoms with E-state index >= 15 is 0 Å². The first-order chi connectivity index (χ1) is 8.24. The highest BCUT2D eigenvalue weighted by Crippen LogP contribution is 1.96. The summed E-state index contributed by atoms with van der Waals surface area (Å²) in [5.74, 6) is -0.00102. The van der Waals surface area contributed by atoms with Crippen molar-refractivity contribution < 1.29 is 4.79 Å². The highest BCUT2D eigenvalue weighted by atomic mass is 16.1. The maximum Gasteiger partial charge on any atom is 0.223 e. The zero-order valence-electron chi connectivity index (χ0n) is 10.7. The smallest absolute Gasteiger partial charge is 0.223 e.